The maximum absolute atomic E-state index is 13.2. The van der Waals surface area contributed by atoms with E-state index in [4.69, 9.17) is 0 Å². The Labute approximate surface area is 185 Å². The number of imide groups is 2. The molecular weight excluding hydrogens is 406 g/mol. The second kappa shape index (κ2) is 7.85. The van der Waals surface area contributed by atoms with Gasteiger partial charge in [0.2, 0.25) is 0 Å². The van der Waals surface area contributed by atoms with Crippen molar-refractivity contribution < 1.29 is 19.5 Å². The molecule has 1 fully saturated rings. The number of carbonyl (C=O) groups is 3. The Morgan fingerprint density at radius 1 is 0.844 bits per heavy atom. The van der Waals surface area contributed by atoms with Crippen LogP contribution in [0.1, 0.15) is 28.1 Å². The van der Waals surface area contributed by atoms with E-state index >= 15 is 0 Å². The number of hydrogen-bond acceptors (Lipinski definition) is 4. The number of carbonyl (C=O) groups excluding carboxylic acids is 3. The van der Waals surface area contributed by atoms with Crippen LogP contribution in [0.3, 0.4) is 0 Å². The third kappa shape index (κ3) is 3.69. The molecule has 4 rings (SSSR count). The molecule has 0 spiro atoms. The summed E-state index contributed by atoms with van der Waals surface area (Å²) < 4.78 is 1.96. The Hall–Kier alpha value is -4.13. The standard InChI is InChI=1S/C25H23N3O4/c1-14-9-15(2)11-20(10-14)28-24(31)22(23(30)26-25(28)32)13-18-12-16(3)27(17(18)4)19-5-7-21(29)8-6-19/h5-13,29H,1-4H3,(H,26,30,32)/b22-13+. The van der Waals surface area contributed by atoms with Crippen LogP contribution in [0.15, 0.2) is 54.1 Å². The molecule has 4 amide bonds. The first-order chi connectivity index (χ1) is 15.2. The summed E-state index contributed by atoms with van der Waals surface area (Å²) in [5.41, 5.74) is 5.34. The monoisotopic (exact) mass is 429 g/mol. The lowest BCUT2D eigenvalue weighted by Gasteiger charge is -2.27. The Morgan fingerprint density at radius 2 is 1.47 bits per heavy atom. The van der Waals surface area contributed by atoms with Crippen molar-refractivity contribution >= 4 is 29.6 Å². The first-order valence-corrected chi connectivity index (χ1v) is 10.1. The molecule has 1 aromatic heterocycles. The summed E-state index contributed by atoms with van der Waals surface area (Å²) in [7, 11) is 0. The number of rotatable bonds is 3. The van der Waals surface area contributed by atoms with E-state index in [1.807, 2.05) is 44.4 Å². The number of amides is 4. The summed E-state index contributed by atoms with van der Waals surface area (Å²) in [6.45, 7) is 7.55. The van der Waals surface area contributed by atoms with Crippen LogP contribution < -0.4 is 10.2 Å². The third-order valence-corrected chi connectivity index (χ3v) is 5.44. The number of aromatic hydroxyl groups is 1. The number of nitrogens with one attached hydrogen (secondary N) is 1. The number of hydrogen-bond donors (Lipinski definition) is 2. The minimum Gasteiger partial charge on any atom is -0.508 e. The molecule has 0 atom stereocenters. The van der Waals surface area contributed by atoms with Crippen molar-refractivity contribution in [3.8, 4) is 11.4 Å². The van der Waals surface area contributed by atoms with Gasteiger partial charge >= 0.3 is 6.03 Å². The van der Waals surface area contributed by atoms with E-state index in [0.717, 1.165) is 33.1 Å². The van der Waals surface area contributed by atoms with Gasteiger partial charge in [0.1, 0.15) is 11.3 Å². The molecule has 3 aromatic rings. The lowest BCUT2D eigenvalue weighted by Crippen LogP contribution is -2.54. The van der Waals surface area contributed by atoms with E-state index in [-0.39, 0.29) is 11.3 Å². The molecule has 2 N–H and O–H groups in total. The second-order valence-electron chi connectivity index (χ2n) is 7.98. The van der Waals surface area contributed by atoms with Crippen molar-refractivity contribution in [2.75, 3.05) is 4.90 Å². The average Bonchev–Trinajstić information content (AvgIpc) is 2.98. The summed E-state index contributed by atoms with van der Waals surface area (Å²) in [4.78, 5) is 39.3. The predicted octanol–water partition coefficient (Wildman–Crippen LogP) is 4.08. The Morgan fingerprint density at radius 3 is 2.09 bits per heavy atom. The second-order valence-corrected chi connectivity index (χ2v) is 7.98. The number of aryl methyl sites for hydroxylation is 3. The topological polar surface area (TPSA) is 91.6 Å². The fraction of sp³-hybridized carbons (Fsp3) is 0.160. The van der Waals surface area contributed by atoms with Crippen LogP contribution in [0.25, 0.3) is 11.8 Å². The highest BCUT2D eigenvalue weighted by Gasteiger charge is 2.37. The molecule has 0 saturated carbocycles. The summed E-state index contributed by atoms with van der Waals surface area (Å²) in [6, 6.07) is 13.3. The van der Waals surface area contributed by atoms with Crippen LogP contribution in [0, 0.1) is 27.7 Å². The van der Waals surface area contributed by atoms with Gasteiger partial charge in [0.25, 0.3) is 11.8 Å². The van der Waals surface area contributed by atoms with Gasteiger partial charge in [-0.15, -0.1) is 0 Å². The predicted molar refractivity (Wildman–Crippen MR) is 122 cm³/mol. The molecule has 7 nitrogen and oxygen atoms in total. The van der Waals surface area contributed by atoms with Crippen LogP contribution in [0.5, 0.6) is 5.75 Å². The highest BCUT2D eigenvalue weighted by Crippen LogP contribution is 2.27. The van der Waals surface area contributed by atoms with E-state index in [9.17, 15) is 19.5 Å². The van der Waals surface area contributed by atoms with E-state index in [2.05, 4.69) is 5.32 Å². The third-order valence-electron chi connectivity index (χ3n) is 5.44. The van der Waals surface area contributed by atoms with E-state index < -0.39 is 17.8 Å². The first-order valence-electron chi connectivity index (χ1n) is 10.1. The van der Waals surface area contributed by atoms with Gasteiger partial charge in [-0.2, -0.15) is 0 Å². The fourth-order valence-electron chi connectivity index (χ4n) is 4.06. The van der Waals surface area contributed by atoms with Crippen molar-refractivity contribution in [3.05, 3.63) is 82.2 Å². The zero-order chi connectivity index (χ0) is 23.2. The van der Waals surface area contributed by atoms with Crippen LogP contribution >= 0.6 is 0 Å². The molecule has 1 saturated heterocycles. The normalized spacial score (nSPS) is 15.4. The van der Waals surface area contributed by atoms with E-state index in [1.54, 1.807) is 36.4 Å². The highest BCUT2D eigenvalue weighted by atomic mass is 16.3. The summed E-state index contributed by atoms with van der Waals surface area (Å²) in [5, 5.41) is 11.8. The van der Waals surface area contributed by atoms with Crippen LogP contribution in [0.2, 0.25) is 0 Å². The number of benzene rings is 2. The maximum Gasteiger partial charge on any atom is 0.335 e. The van der Waals surface area contributed by atoms with Crippen molar-refractivity contribution in [2.45, 2.75) is 27.7 Å². The molecule has 2 heterocycles. The van der Waals surface area contributed by atoms with Gasteiger partial charge in [-0.1, -0.05) is 6.07 Å². The van der Waals surface area contributed by atoms with Crippen LogP contribution in [-0.4, -0.2) is 27.5 Å². The Bertz CT molecular complexity index is 1280. The first kappa shape index (κ1) is 21.1. The molecule has 0 unspecified atom stereocenters. The average molecular weight is 429 g/mol. The van der Waals surface area contributed by atoms with Gasteiger partial charge in [0.15, 0.2) is 0 Å². The number of aromatic nitrogens is 1. The summed E-state index contributed by atoms with van der Waals surface area (Å²) in [6.07, 6.45) is 1.51. The number of anilines is 1. The van der Waals surface area contributed by atoms with Gasteiger partial charge < -0.3 is 9.67 Å². The number of nitrogens with zero attached hydrogens (tertiary/aromatic N) is 2. The molecule has 7 heteroatoms. The smallest absolute Gasteiger partial charge is 0.335 e. The number of urea groups is 1. The largest absolute Gasteiger partial charge is 0.508 e. The molecule has 162 valence electrons. The molecule has 0 aliphatic carbocycles. The van der Waals surface area contributed by atoms with Crippen molar-refractivity contribution in [1.29, 1.82) is 0 Å². The van der Waals surface area contributed by atoms with Crippen LogP contribution in [0.4, 0.5) is 10.5 Å². The Balaban J connectivity index is 1.77. The molecule has 0 bridgehead atoms. The number of phenols is 1. The lowest BCUT2D eigenvalue weighted by molar-refractivity contribution is -0.122. The van der Waals surface area contributed by atoms with Gasteiger partial charge in [-0.05, 0) is 92.9 Å². The van der Waals surface area contributed by atoms with E-state index in [1.165, 1.54) is 6.08 Å². The van der Waals surface area contributed by atoms with Crippen molar-refractivity contribution in [2.24, 2.45) is 0 Å². The SMILES string of the molecule is Cc1cc(C)cc(N2C(=O)NC(=O)/C(=C\c3cc(C)n(-c4ccc(O)cc4)c3C)C2=O)c1. The molecule has 2 aromatic carbocycles. The van der Waals surface area contributed by atoms with E-state index in [0.29, 0.717) is 11.3 Å². The van der Waals surface area contributed by atoms with Gasteiger partial charge in [0, 0.05) is 17.1 Å². The summed E-state index contributed by atoms with van der Waals surface area (Å²) >= 11 is 0. The van der Waals surface area contributed by atoms with Crippen LogP contribution in [-0.2, 0) is 9.59 Å². The molecular formula is C25H23N3O4. The molecule has 1 aliphatic rings. The quantitative estimate of drug-likeness (QED) is 0.485. The van der Waals surface area contributed by atoms with Crippen molar-refractivity contribution in [1.82, 2.24) is 9.88 Å². The zero-order valence-electron chi connectivity index (χ0n) is 18.3. The van der Waals surface area contributed by atoms with Gasteiger partial charge in [-0.3, -0.25) is 14.9 Å². The highest BCUT2D eigenvalue weighted by molar-refractivity contribution is 6.39. The minimum atomic E-state index is -0.767. The Kier molecular flexibility index (Phi) is 5.18. The number of barbiturate groups is 1. The lowest BCUT2D eigenvalue weighted by atomic mass is 10.1. The van der Waals surface area contributed by atoms with Gasteiger partial charge in [-0.25, -0.2) is 9.69 Å². The zero-order valence-corrected chi connectivity index (χ0v) is 18.3. The number of phenolic OH excluding ortho intramolecular Hbond substituents is 1. The summed E-state index contributed by atoms with van der Waals surface area (Å²) in [5.74, 6) is -1.23. The molecule has 32 heavy (non-hydrogen) atoms. The fourth-order valence-corrected chi connectivity index (χ4v) is 4.06. The van der Waals surface area contributed by atoms with Crippen molar-refractivity contribution in [3.63, 3.8) is 0 Å². The maximum atomic E-state index is 13.2. The molecule has 0 radical (unpaired) electrons. The molecule has 1 aliphatic heterocycles. The minimum absolute atomic E-state index is 0.116. The van der Waals surface area contributed by atoms with Gasteiger partial charge in [0.05, 0.1) is 5.69 Å².